The third kappa shape index (κ3) is 8.91. The second-order valence-electron chi connectivity index (χ2n) is 9.68. The number of nitrogens with two attached hydrogens (primary N) is 1. The summed E-state index contributed by atoms with van der Waals surface area (Å²) in [5, 5.41) is 18.1. The molecule has 0 aliphatic heterocycles. The number of carbonyl (C=O) groups is 4. The minimum absolute atomic E-state index is 0.148. The van der Waals surface area contributed by atoms with Gasteiger partial charge in [-0.25, -0.2) is 9.78 Å². The lowest BCUT2D eigenvalue weighted by Gasteiger charge is -2.24. The zero-order valence-electron chi connectivity index (χ0n) is 22.5. The number of rotatable bonds is 9. The molecule has 3 amide bonds. The number of hydrogen-bond acceptors (Lipinski definition) is 8. The molecule has 1 atom stereocenters. The number of thiazole rings is 1. The third-order valence-corrected chi connectivity index (χ3v) is 6.14. The van der Waals surface area contributed by atoms with Gasteiger partial charge in [-0.05, 0) is 58.0 Å². The number of ether oxygens (including phenoxy) is 1. The van der Waals surface area contributed by atoms with Gasteiger partial charge in [-0.3, -0.25) is 19.8 Å². The highest BCUT2D eigenvalue weighted by atomic mass is 32.1. The van der Waals surface area contributed by atoms with Crippen LogP contribution in [0.3, 0.4) is 0 Å². The van der Waals surface area contributed by atoms with Crippen molar-refractivity contribution < 1.29 is 23.9 Å². The summed E-state index contributed by atoms with van der Waals surface area (Å²) >= 11 is 1.02. The molecule has 0 saturated carbocycles. The van der Waals surface area contributed by atoms with E-state index in [-0.39, 0.29) is 17.9 Å². The lowest BCUT2D eigenvalue weighted by Crippen LogP contribution is -2.46. The lowest BCUT2D eigenvalue weighted by molar-refractivity contribution is -0.158. The summed E-state index contributed by atoms with van der Waals surface area (Å²) in [5.74, 6) is -2.65. The predicted molar refractivity (Wildman–Crippen MR) is 154 cm³/mol. The van der Waals surface area contributed by atoms with Gasteiger partial charge < -0.3 is 31.7 Å². The van der Waals surface area contributed by atoms with Crippen LogP contribution in [0, 0.1) is 12.3 Å². The molecule has 0 aliphatic rings. The number of hydrogen-bond donors (Lipinski definition) is 6. The quantitative estimate of drug-likeness (QED) is 0.129. The molecular formula is C27H31N7O5S. The van der Waals surface area contributed by atoms with Gasteiger partial charge in [0.1, 0.15) is 16.5 Å². The van der Waals surface area contributed by atoms with Gasteiger partial charge in [-0.2, -0.15) is 0 Å². The zero-order chi connectivity index (χ0) is 29.4. The Morgan fingerprint density at radius 2 is 1.65 bits per heavy atom. The SMILES string of the molecule is Cc1nc(NC(=N)N)sc1C(=O)Nc1cccc(C(=O)NC(CC(=O)Nc2ccccc2)C(=O)OC(C)(C)C)c1. The van der Waals surface area contributed by atoms with Gasteiger partial charge in [0.2, 0.25) is 5.91 Å². The summed E-state index contributed by atoms with van der Waals surface area (Å²) < 4.78 is 5.43. The van der Waals surface area contributed by atoms with Crippen LogP contribution in [0.25, 0.3) is 0 Å². The Hall–Kier alpha value is -4.78. The van der Waals surface area contributed by atoms with Crippen molar-refractivity contribution in [2.75, 3.05) is 16.0 Å². The second-order valence-corrected chi connectivity index (χ2v) is 10.7. The molecule has 7 N–H and O–H groups in total. The molecule has 1 unspecified atom stereocenters. The van der Waals surface area contributed by atoms with Gasteiger partial charge in [0.15, 0.2) is 11.1 Å². The van der Waals surface area contributed by atoms with Crippen molar-refractivity contribution in [3.63, 3.8) is 0 Å². The van der Waals surface area contributed by atoms with E-state index in [1.54, 1.807) is 70.2 Å². The number of guanidine groups is 1. The van der Waals surface area contributed by atoms with Gasteiger partial charge >= 0.3 is 5.97 Å². The van der Waals surface area contributed by atoms with E-state index in [2.05, 4.69) is 26.3 Å². The van der Waals surface area contributed by atoms with Gasteiger partial charge in [0, 0.05) is 16.9 Å². The van der Waals surface area contributed by atoms with Crippen molar-refractivity contribution in [2.24, 2.45) is 5.73 Å². The smallest absolute Gasteiger partial charge is 0.329 e. The Bertz CT molecular complexity index is 1420. The highest BCUT2D eigenvalue weighted by Crippen LogP contribution is 2.24. The highest BCUT2D eigenvalue weighted by molar-refractivity contribution is 7.17. The average molecular weight is 566 g/mol. The maximum atomic E-state index is 13.1. The Morgan fingerprint density at radius 1 is 0.975 bits per heavy atom. The molecule has 0 aliphatic carbocycles. The van der Waals surface area contributed by atoms with Crippen LogP contribution in [0.1, 0.15) is 52.9 Å². The monoisotopic (exact) mass is 565 g/mol. The van der Waals surface area contributed by atoms with Crippen LogP contribution in [0.5, 0.6) is 0 Å². The minimum atomic E-state index is -1.26. The van der Waals surface area contributed by atoms with Crippen LogP contribution in [0.4, 0.5) is 16.5 Å². The largest absolute Gasteiger partial charge is 0.458 e. The summed E-state index contributed by atoms with van der Waals surface area (Å²) in [4.78, 5) is 56.0. The van der Waals surface area contributed by atoms with E-state index in [9.17, 15) is 19.2 Å². The van der Waals surface area contributed by atoms with E-state index in [0.717, 1.165) is 11.3 Å². The standard InChI is InChI=1S/C27H31N7O5S/c1-15-21(40-26(30-15)34-25(28)29)23(37)32-18-12-8-9-16(13-18)22(36)33-19(24(38)39-27(2,3)4)14-20(35)31-17-10-6-5-7-11-17/h5-13,19H,14H2,1-4H3,(H,31,35)(H,32,37)(H,33,36)(H4,28,29,30,34). The van der Waals surface area contributed by atoms with Crippen LogP contribution in [-0.2, 0) is 14.3 Å². The molecule has 0 fully saturated rings. The van der Waals surface area contributed by atoms with Crippen molar-refractivity contribution in [3.8, 4) is 0 Å². The van der Waals surface area contributed by atoms with Crippen molar-refractivity contribution in [1.82, 2.24) is 10.3 Å². The molecule has 3 aromatic rings. The van der Waals surface area contributed by atoms with Crippen molar-refractivity contribution in [3.05, 3.63) is 70.7 Å². The molecule has 2 aromatic carbocycles. The lowest BCUT2D eigenvalue weighted by atomic mass is 10.1. The maximum Gasteiger partial charge on any atom is 0.329 e. The minimum Gasteiger partial charge on any atom is -0.458 e. The van der Waals surface area contributed by atoms with Crippen LogP contribution >= 0.6 is 11.3 Å². The summed E-state index contributed by atoms with van der Waals surface area (Å²) in [5.41, 5.74) is 5.94. The average Bonchev–Trinajstić information content (AvgIpc) is 3.22. The first-order valence-electron chi connectivity index (χ1n) is 12.2. The number of amides is 3. The molecule has 210 valence electrons. The molecule has 12 nitrogen and oxygen atoms in total. The number of aryl methyl sites for hydroxylation is 1. The van der Waals surface area contributed by atoms with E-state index >= 15 is 0 Å². The van der Waals surface area contributed by atoms with Crippen LogP contribution in [0.2, 0.25) is 0 Å². The normalized spacial score (nSPS) is 11.6. The second kappa shape index (κ2) is 12.8. The molecule has 0 bridgehead atoms. The van der Waals surface area contributed by atoms with Gasteiger partial charge in [0.25, 0.3) is 11.8 Å². The molecule has 0 radical (unpaired) electrons. The van der Waals surface area contributed by atoms with Gasteiger partial charge in [-0.15, -0.1) is 0 Å². The molecule has 40 heavy (non-hydrogen) atoms. The van der Waals surface area contributed by atoms with Crippen molar-refractivity contribution in [1.29, 1.82) is 5.41 Å². The summed E-state index contributed by atoms with van der Waals surface area (Å²) in [7, 11) is 0. The van der Waals surface area contributed by atoms with E-state index in [1.807, 2.05) is 0 Å². The molecule has 1 aromatic heterocycles. The molecule has 3 rings (SSSR count). The fraction of sp³-hybridized carbons (Fsp3) is 0.259. The number of carbonyl (C=O) groups excluding carboxylic acids is 4. The molecular weight excluding hydrogens is 534 g/mol. The van der Waals surface area contributed by atoms with Crippen molar-refractivity contribution in [2.45, 2.75) is 45.8 Å². The highest BCUT2D eigenvalue weighted by Gasteiger charge is 2.29. The van der Waals surface area contributed by atoms with Crippen LogP contribution < -0.4 is 27.0 Å². The fourth-order valence-corrected chi connectivity index (χ4v) is 4.30. The zero-order valence-corrected chi connectivity index (χ0v) is 23.3. The van der Waals surface area contributed by atoms with Gasteiger partial charge in [0.05, 0.1) is 12.1 Å². The molecule has 0 saturated heterocycles. The first kappa shape index (κ1) is 29.8. The van der Waals surface area contributed by atoms with E-state index < -0.39 is 35.3 Å². The summed E-state index contributed by atoms with van der Waals surface area (Å²) in [6, 6.07) is 13.6. The van der Waals surface area contributed by atoms with Crippen molar-refractivity contribution >= 4 is 57.5 Å². The third-order valence-electron chi connectivity index (χ3n) is 5.07. The fourth-order valence-electron chi connectivity index (χ4n) is 3.43. The predicted octanol–water partition coefficient (Wildman–Crippen LogP) is 3.48. The number of para-hydroxylation sites is 1. The number of benzene rings is 2. The van der Waals surface area contributed by atoms with Crippen LogP contribution in [-0.4, -0.2) is 46.3 Å². The number of esters is 1. The first-order valence-corrected chi connectivity index (χ1v) is 13.0. The topological polar surface area (TPSA) is 188 Å². The Balaban J connectivity index is 1.73. The van der Waals surface area contributed by atoms with Gasteiger partial charge in [-0.1, -0.05) is 35.6 Å². The van der Waals surface area contributed by atoms with Crippen LogP contribution in [0.15, 0.2) is 54.6 Å². The number of anilines is 3. The number of aromatic nitrogens is 1. The molecule has 1 heterocycles. The Labute approximate surface area is 235 Å². The van der Waals surface area contributed by atoms with E-state index in [1.165, 1.54) is 12.1 Å². The Morgan fingerprint density at radius 3 is 2.30 bits per heavy atom. The molecule has 0 spiro atoms. The van der Waals surface area contributed by atoms with E-state index in [4.69, 9.17) is 15.9 Å². The Kier molecular flexibility index (Phi) is 9.56. The van der Waals surface area contributed by atoms with E-state index in [0.29, 0.717) is 27.1 Å². The molecule has 13 heteroatoms. The summed E-state index contributed by atoms with van der Waals surface area (Å²) in [6.45, 7) is 6.70. The number of nitrogens with zero attached hydrogens (tertiary/aromatic N) is 1. The first-order chi connectivity index (χ1) is 18.8. The maximum absolute atomic E-state index is 13.1. The number of nitrogens with one attached hydrogen (secondary N) is 5. The summed E-state index contributed by atoms with van der Waals surface area (Å²) in [6.07, 6.45) is -0.354.